The average Bonchev–Trinajstić information content (AvgIpc) is 3.38. The molecule has 1 aliphatic rings. The van der Waals surface area contributed by atoms with Crippen LogP contribution in [0.3, 0.4) is 0 Å². The standard InChI is InChI=1S/C24H27N3O3/c1-18(28)27(16-21-14-9-15-29-21)17-22-23(19-10-5-3-6-11-19)25-26(2)24(22)30-20-12-7-4-8-13-20/h3-8,10-13,21H,9,14-17H2,1-2H3. The molecule has 6 nitrogen and oxygen atoms in total. The summed E-state index contributed by atoms with van der Waals surface area (Å²) in [6, 6.07) is 19.6. The first kappa shape index (κ1) is 20.2. The van der Waals surface area contributed by atoms with Gasteiger partial charge in [0.2, 0.25) is 11.8 Å². The molecule has 1 atom stereocenters. The fraction of sp³-hybridized carbons (Fsp3) is 0.333. The van der Waals surface area contributed by atoms with Gasteiger partial charge >= 0.3 is 0 Å². The molecule has 30 heavy (non-hydrogen) atoms. The van der Waals surface area contributed by atoms with Gasteiger partial charge in [0.05, 0.1) is 18.2 Å². The Morgan fingerprint density at radius 3 is 2.50 bits per heavy atom. The number of hydrogen-bond acceptors (Lipinski definition) is 4. The predicted octanol–water partition coefficient (Wildman–Crippen LogP) is 4.41. The lowest BCUT2D eigenvalue weighted by atomic mass is 10.1. The number of benzene rings is 2. The van der Waals surface area contributed by atoms with E-state index in [0.717, 1.165) is 42.0 Å². The number of para-hydroxylation sites is 1. The summed E-state index contributed by atoms with van der Waals surface area (Å²) in [5.74, 6) is 1.38. The van der Waals surface area contributed by atoms with E-state index in [1.807, 2.05) is 72.6 Å². The van der Waals surface area contributed by atoms with Gasteiger partial charge in [0.15, 0.2) is 0 Å². The summed E-state index contributed by atoms with van der Waals surface area (Å²) in [6.07, 6.45) is 2.11. The summed E-state index contributed by atoms with van der Waals surface area (Å²) in [5, 5.41) is 4.74. The van der Waals surface area contributed by atoms with Gasteiger partial charge in [0, 0.05) is 32.7 Å². The lowest BCUT2D eigenvalue weighted by molar-refractivity contribution is -0.131. The van der Waals surface area contributed by atoms with Gasteiger partial charge in [-0.1, -0.05) is 48.5 Å². The molecular weight excluding hydrogens is 378 g/mol. The molecule has 1 unspecified atom stereocenters. The molecule has 0 aliphatic carbocycles. The first-order valence-electron chi connectivity index (χ1n) is 10.3. The zero-order valence-electron chi connectivity index (χ0n) is 17.5. The van der Waals surface area contributed by atoms with Crippen molar-refractivity contribution in [2.24, 2.45) is 7.05 Å². The van der Waals surface area contributed by atoms with E-state index in [0.29, 0.717) is 19.0 Å². The summed E-state index contributed by atoms with van der Waals surface area (Å²) in [4.78, 5) is 14.3. The Kier molecular flexibility index (Phi) is 6.14. The van der Waals surface area contributed by atoms with E-state index in [1.54, 1.807) is 11.6 Å². The molecule has 3 aromatic rings. The molecule has 6 heteroatoms. The second-order valence-corrected chi connectivity index (χ2v) is 7.57. The number of nitrogens with zero attached hydrogens (tertiary/aromatic N) is 3. The normalized spacial score (nSPS) is 15.9. The van der Waals surface area contributed by atoms with Gasteiger partial charge in [-0.2, -0.15) is 5.10 Å². The first-order valence-corrected chi connectivity index (χ1v) is 10.3. The molecule has 1 saturated heterocycles. The molecule has 0 N–H and O–H groups in total. The van der Waals surface area contributed by atoms with E-state index in [1.165, 1.54) is 0 Å². The Morgan fingerprint density at radius 1 is 1.17 bits per heavy atom. The molecule has 2 aromatic carbocycles. The molecule has 1 amide bonds. The molecule has 1 aliphatic heterocycles. The third-order valence-electron chi connectivity index (χ3n) is 5.34. The maximum Gasteiger partial charge on any atom is 0.223 e. The highest BCUT2D eigenvalue weighted by atomic mass is 16.5. The van der Waals surface area contributed by atoms with Gasteiger partial charge < -0.3 is 14.4 Å². The minimum atomic E-state index is 0.0130. The predicted molar refractivity (Wildman–Crippen MR) is 115 cm³/mol. The average molecular weight is 405 g/mol. The van der Waals surface area contributed by atoms with E-state index in [-0.39, 0.29) is 12.0 Å². The Balaban J connectivity index is 1.71. The lowest BCUT2D eigenvalue weighted by Crippen LogP contribution is -2.35. The van der Waals surface area contributed by atoms with Crippen molar-refractivity contribution in [3.8, 4) is 22.9 Å². The largest absolute Gasteiger partial charge is 0.439 e. The lowest BCUT2D eigenvalue weighted by Gasteiger charge is -2.24. The van der Waals surface area contributed by atoms with Crippen molar-refractivity contribution in [2.75, 3.05) is 13.2 Å². The molecule has 0 spiro atoms. The van der Waals surface area contributed by atoms with E-state index >= 15 is 0 Å². The Bertz CT molecular complexity index is 980. The van der Waals surface area contributed by atoms with Crippen molar-refractivity contribution in [1.29, 1.82) is 0 Å². The summed E-state index contributed by atoms with van der Waals surface area (Å²) < 4.78 is 13.7. The number of amides is 1. The van der Waals surface area contributed by atoms with Crippen molar-refractivity contribution in [2.45, 2.75) is 32.4 Å². The number of aryl methyl sites for hydroxylation is 1. The van der Waals surface area contributed by atoms with Crippen molar-refractivity contribution in [3.05, 3.63) is 66.2 Å². The quantitative estimate of drug-likeness (QED) is 0.584. The van der Waals surface area contributed by atoms with Crippen LogP contribution in [0.2, 0.25) is 0 Å². The Labute approximate surface area is 177 Å². The number of rotatable bonds is 7. The molecule has 2 heterocycles. The Hall–Kier alpha value is -3.12. The summed E-state index contributed by atoms with van der Waals surface area (Å²) in [6.45, 7) is 3.35. The third-order valence-corrected chi connectivity index (χ3v) is 5.34. The smallest absolute Gasteiger partial charge is 0.223 e. The third kappa shape index (κ3) is 4.54. The maximum atomic E-state index is 12.5. The van der Waals surface area contributed by atoms with E-state index in [2.05, 4.69) is 0 Å². The molecule has 0 bridgehead atoms. The monoisotopic (exact) mass is 405 g/mol. The highest BCUT2D eigenvalue weighted by molar-refractivity contribution is 5.74. The van der Waals surface area contributed by atoms with Crippen LogP contribution >= 0.6 is 0 Å². The van der Waals surface area contributed by atoms with Crippen LogP contribution in [0.15, 0.2) is 60.7 Å². The Morgan fingerprint density at radius 2 is 1.87 bits per heavy atom. The van der Waals surface area contributed by atoms with Crippen LogP contribution in [0.5, 0.6) is 11.6 Å². The summed E-state index contributed by atoms with van der Waals surface area (Å²) in [7, 11) is 1.87. The van der Waals surface area contributed by atoms with Crippen molar-refractivity contribution in [3.63, 3.8) is 0 Å². The minimum absolute atomic E-state index is 0.0130. The topological polar surface area (TPSA) is 56.6 Å². The number of hydrogen-bond donors (Lipinski definition) is 0. The molecule has 1 aromatic heterocycles. The van der Waals surface area contributed by atoms with Crippen LogP contribution < -0.4 is 4.74 Å². The zero-order chi connectivity index (χ0) is 20.9. The fourth-order valence-electron chi connectivity index (χ4n) is 3.78. The number of aromatic nitrogens is 2. The van der Waals surface area contributed by atoms with Crippen molar-refractivity contribution >= 4 is 5.91 Å². The van der Waals surface area contributed by atoms with Crippen molar-refractivity contribution < 1.29 is 14.3 Å². The highest BCUT2D eigenvalue weighted by Crippen LogP contribution is 2.34. The summed E-state index contributed by atoms with van der Waals surface area (Å²) in [5.41, 5.74) is 2.70. The van der Waals surface area contributed by atoms with Crippen LogP contribution in [0.4, 0.5) is 0 Å². The van der Waals surface area contributed by atoms with E-state index in [9.17, 15) is 4.79 Å². The van der Waals surface area contributed by atoms with Gasteiger partial charge in [-0.15, -0.1) is 0 Å². The molecule has 0 saturated carbocycles. The molecule has 4 rings (SSSR count). The molecule has 0 radical (unpaired) electrons. The number of carbonyl (C=O) groups excluding carboxylic acids is 1. The zero-order valence-corrected chi connectivity index (χ0v) is 17.5. The van der Waals surface area contributed by atoms with Crippen molar-refractivity contribution in [1.82, 2.24) is 14.7 Å². The van der Waals surface area contributed by atoms with Gasteiger partial charge in [-0.05, 0) is 25.0 Å². The highest BCUT2D eigenvalue weighted by Gasteiger charge is 2.26. The second kappa shape index (κ2) is 9.13. The molecule has 156 valence electrons. The van der Waals surface area contributed by atoms with Gasteiger partial charge in [-0.3, -0.25) is 4.79 Å². The van der Waals surface area contributed by atoms with Gasteiger partial charge in [-0.25, -0.2) is 4.68 Å². The van der Waals surface area contributed by atoms with Crippen LogP contribution in [-0.2, 0) is 23.1 Å². The maximum absolute atomic E-state index is 12.5. The molecular formula is C24H27N3O3. The minimum Gasteiger partial charge on any atom is -0.439 e. The summed E-state index contributed by atoms with van der Waals surface area (Å²) >= 11 is 0. The SMILES string of the molecule is CC(=O)N(Cc1c(-c2ccccc2)nn(C)c1Oc1ccccc1)CC1CCCO1. The second-order valence-electron chi connectivity index (χ2n) is 7.57. The first-order chi connectivity index (χ1) is 14.6. The van der Waals surface area contributed by atoms with Gasteiger partial charge in [0.25, 0.3) is 0 Å². The van der Waals surface area contributed by atoms with Crippen LogP contribution in [0.1, 0.15) is 25.3 Å². The fourth-order valence-corrected chi connectivity index (χ4v) is 3.78. The van der Waals surface area contributed by atoms with Crippen LogP contribution in [-0.4, -0.2) is 39.8 Å². The molecule has 1 fully saturated rings. The number of carbonyl (C=O) groups is 1. The van der Waals surface area contributed by atoms with Crippen LogP contribution in [0.25, 0.3) is 11.3 Å². The van der Waals surface area contributed by atoms with E-state index < -0.39 is 0 Å². The van der Waals surface area contributed by atoms with Crippen LogP contribution in [0, 0.1) is 0 Å². The number of ether oxygens (including phenoxy) is 2. The van der Waals surface area contributed by atoms with E-state index in [4.69, 9.17) is 14.6 Å². The van der Waals surface area contributed by atoms with Gasteiger partial charge in [0.1, 0.15) is 11.4 Å².